The number of rotatable bonds is 4. The minimum absolute atomic E-state index is 0.0626. The van der Waals surface area contributed by atoms with Gasteiger partial charge in [0.1, 0.15) is 6.04 Å². The van der Waals surface area contributed by atoms with Crippen molar-refractivity contribution in [3.63, 3.8) is 0 Å². The number of nitrogens with zero attached hydrogens (tertiary/aromatic N) is 2. The SMILES string of the molecule is CCC(=O)N1CCCC[C@@H]1C(=O)Nc1nc(C2CC2)cs1. The van der Waals surface area contributed by atoms with Gasteiger partial charge in [0.2, 0.25) is 11.8 Å². The third-order valence-corrected chi connectivity index (χ3v) is 4.95. The number of amides is 2. The Bertz CT molecular complexity index is 539. The Hall–Kier alpha value is -1.43. The maximum Gasteiger partial charge on any atom is 0.248 e. The van der Waals surface area contributed by atoms with Crippen LogP contribution in [0.5, 0.6) is 0 Å². The van der Waals surface area contributed by atoms with Crippen LogP contribution in [0.3, 0.4) is 0 Å². The molecule has 1 atom stereocenters. The first-order chi connectivity index (χ1) is 10.2. The summed E-state index contributed by atoms with van der Waals surface area (Å²) in [5, 5.41) is 5.59. The zero-order chi connectivity index (χ0) is 14.8. The van der Waals surface area contributed by atoms with Crippen LogP contribution in [0.2, 0.25) is 0 Å². The number of anilines is 1. The van der Waals surface area contributed by atoms with E-state index in [-0.39, 0.29) is 17.9 Å². The molecule has 2 heterocycles. The average Bonchev–Trinajstić information content (AvgIpc) is 3.27. The molecule has 1 N–H and O–H groups in total. The largest absolute Gasteiger partial charge is 0.331 e. The second-order valence-electron chi connectivity index (χ2n) is 5.79. The van der Waals surface area contributed by atoms with E-state index < -0.39 is 0 Å². The molecule has 1 aromatic rings. The molecule has 1 saturated carbocycles. The topological polar surface area (TPSA) is 62.3 Å². The van der Waals surface area contributed by atoms with Crippen molar-refractivity contribution in [1.29, 1.82) is 0 Å². The third kappa shape index (κ3) is 3.26. The van der Waals surface area contributed by atoms with Gasteiger partial charge < -0.3 is 10.2 Å². The zero-order valence-corrected chi connectivity index (χ0v) is 13.1. The number of aromatic nitrogens is 1. The molecule has 1 aliphatic heterocycles. The molecule has 0 radical (unpaired) electrons. The van der Waals surface area contributed by atoms with Crippen LogP contribution in [-0.2, 0) is 9.59 Å². The summed E-state index contributed by atoms with van der Waals surface area (Å²) in [4.78, 5) is 30.6. The quantitative estimate of drug-likeness (QED) is 0.930. The van der Waals surface area contributed by atoms with E-state index >= 15 is 0 Å². The monoisotopic (exact) mass is 307 g/mol. The standard InChI is InChI=1S/C15H21N3O2S/c1-2-13(19)18-8-4-3-5-12(18)14(20)17-15-16-11(9-21-15)10-6-7-10/h9-10,12H,2-8H2,1H3,(H,16,17,20)/t12-/m1/s1. The van der Waals surface area contributed by atoms with Gasteiger partial charge in [-0.05, 0) is 32.1 Å². The van der Waals surface area contributed by atoms with Gasteiger partial charge >= 0.3 is 0 Å². The maximum absolute atomic E-state index is 12.5. The lowest BCUT2D eigenvalue weighted by Crippen LogP contribution is -2.49. The van der Waals surface area contributed by atoms with Crippen molar-refractivity contribution in [3.8, 4) is 0 Å². The lowest BCUT2D eigenvalue weighted by Gasteiger charge is -2.34. The van der Waals surface area contributed by atoms with Crippen LogP contribution in [0, 0.1) is 0 Å². The van der Waals surface area contributed by atoms with E-state index in [1.165, 1.54) is 24.2 Å². The molecule has 0 spiro atoms. The first-order valence-electron chi connectivity index (χ1n) is 7.74. The minimum atomic E-state index is -0.334. The molecule has 1 aliphatic carbocycles. The van der Waals surface area contributed by atoms with Crippen LogP contribution in [0.1, 0.15) is 57.1 Å². The molecular weight excluding hydrogens is 286 g/mol. The highest BCUT2D eigenvalue weighted by Crippen LogP contribution is 2.40. The molecule has 2 fully saturated rings. The van der Waals surface area contributed by atoms with Gasteiger partial charge in [-0.1, -0.05) is 6.92 Å². The lowest BCUT2D eigenvalue weighted by atomic mass is 10.0. The van der Waals surface area contributed by atoms with E-state index in [1.54, 1.807) is 4.90 Å². The summed E-state index contributed by atoms with van der Waals surface area (Å²) < 4.78 is 0. The number of nitrogens with one attached hydrogen (secondary N) is 1. The van der Waals surface area contributed by atoms with Crippen LogP contribution in [0.4, 0.5) is 5.13 Å². The van der Waals surface area contributed by atoms with Crippen molar-refractivity contribution < 1.29 is 9.59 Å². The number of hydrogen-bond donors (Lipinski definition) is 1. The molecule has 1 saturated heterocycles. The van der Waals surface area contributed by atoms with Crippen LogP contribution in [0.15, 0.2) is 5.38 Å². The predicted molar refractivity (Wildman–Crippen MR) is 82.4 cm³/mol. The first kappa shape index (κ1) is 14.5. The van der Waals surface area contributed by atoms with Gasteiger partial charge in [-0.2, -0.15) is 0 Å². The number of carbonyl (C=O) groups excluding carboxylic acids is 2. The molecule has 1 aromatic heterocycles. The summed E-state index contributed by atoms with van der Waals surface area (Å²) in [5.74, 6) is 0.570. The van der Waals surface area contributed by atoms with E-state index in [0.717, 1.165) is 25.0 Å². The number of thiazole rings is 1. The summed E-state index contributed by atoms with van der Waals surface area (Å²) in [6.45, 7) is 2.53. The molecule has 0 aromatic carbocycles. The average molecular weight is 307 g/mol. The van der Waals surface area contributed by atoms with Crippen LogP contribution >= 0.6 is 11.3 Å². The number of piperidine rings is 1. The van der Waals surface area contributed by atoms with Gasteiger partial charge in [-0.15, -0.1) is 11.3 Å². The smallest absolute Gasteiger partial charge is 0.248 e. The summed E-state index contributed by atoms with van der Waals surface area (Å²) >= 11 is 1.48. The summed E-state index contributed by atoms with van der Waals surface area (Å²) in [6.07, 6.45) is 5.59. The van der Waals surface area contributed by atoms with Gasteiger partial charge in [-0.3, -0.25) is 9.59 Å². The Kier molecular flexibility index (Phi) is 4.24. The Balaban J connectivity index is 1.65. The normalized spacial score (nSPS) is 22.1. The van der Waals surface area contributed by atoms with Gasteiger partial charge in [0.05, 0.1) is 5.69 Å². The molecule has 114 valence electrons. The minimum Gasteiger partial charge on any atom is -0.331 e. The van der Waals surface area contributed by atoms with Gasteiger partial charge in [0.15, 0.2) is 5.13 Å². The highest BCUT2D eigenvalue weighted by molar-refractivity contribution is 7.13. The summed E-state index contributed by atoms with van der Waals surface area (Å²) in [7, 11) is 0. The number of likely N-dealkylation sites (tertiary alicyclic amines) is 1. The van der Waals surface area contributed by atoms with E-state index in [2.05, 4.69) is 10.3 Å². The van der Waals surface area contributed by atoms with E-state index in [4.69, 9.17) is 0 Å². The molecule has 3 rings (SSSR count). The lowest BCUT2D eigenvalue weighted by molar-refractivity contribution is -0.140. The Morgan fingerprint density at radius 1 is 1.38 bits per heavy atom. The highest BCUT2D eigenvalue weighted by atomic mass is 32.1. The second kappa shape index (κ2) is 6.13. The maximum atomic E-state index is 12.5. The molecule has 6 heteroatoms. The zero-order valence-electron chi connectivity index (χ0n) is 12.3. The molecule has 2 amide bonds. The molecular formula is C15H21N3O2S. The van der Waals surface area contributed by atoms with E-state index in [1.807, 2.05) is 12.3 Å². The summed E-state index contributed by atoms with van der Waals surface area (Å²) in [5.41, 5.74) is 1.10. The van der Waals surface area contributed by atoms with Crippen molar-refractivity contribution in [1.82, 2.24) is 9.88 Å². The summed E-state index contributed by atoms with van der Waals surface area (Å²) in [6, 6.07) is -0.334. The second-order valence-corrected chi connectivity index (χ2v) is 6.65. The van der Waals surface area contributed by atoms with Gasteiger partial charge in [0, 0.05) is 24.3 Å². The van der Waals surface area contributed by atoms with Gasteiger partial charge in [-0.25, -0.2) is 4.98 Å². The van der Waals surface area contributed by atoms with Crippen LogP contribution < -0.4 is 5.32 Å². The van der Waals surface area contributed by atoms with E-state index in [0.29, 0.717) is 24.0 Å². The Morgan fingerprint density at radius 2 is 2.19 bits per heavy atom. The fourth-order valence-electron chi connectivity index (χ4n) is 2.80. The molecule has 2 aliphatic rings. The van der Waals surface area contributed by atoms with Crippen molar-refractivity contribution in [2.24, 2.45) is 0 Å². The fourth-order valence-corrected chi connectivity index (χ4v) is 3.60. The highest BCUT2D eigenvalue weighted by Gasteiger charge is 2.32. The Labute approximate surface area is 128 Å². The van der Waals surface area contributed by atoms with Crippen LogP contribution in [0.25, 0.3) is 0 Å². The number of carbonyl (C=O) groups is 2. The van der Waals surface area contributed by atoms with E-state index in [9.17, 15) is 9.59 Å². The molecule has 21 heavy (non-hydrogen) atoms. The van der Waals surface area contributed by atoms with Crippen LogP contribution in [-0.4, -0.2) is 34.3 Å². The van der Waals surface area contributed by atoms with Crippen molar-refractivity contribution in [2.75, 3.05) is 11.9 Å². The van der Waals surface area contributed by atoms with Gasteiger partial charge in [0.25, 0.3) is 0 Å². The molecule has 0 bridgehead atoms. The first-order valence-corrected chi connectivity index (χ1v) is 8.62. The fraction of sp³-hybridized carbons (Fsp3) is 0.667. The number of hydrogen-bond acceptors (Lipinski definition) is 4. The predicted octanol–water partition coefficient (Wildman–Crippen LogP) is 2.75. The van der Waals surface area contributed by atoms with Crippen molar-refractivity contribution in [3.05, 3.63) is 11.1 Å². The van der Waals surface area contributed by atoms with Crippen molar-refractivity contribution >= 4 is 28.3 Å². The Morgan fingerprint density at radius 3 is 2.90 bits per heavy atom. The molecule has 0 unspecified atom stereocenters. The van der Waals surface area contributed by atoms with Crippen molar-refractivity contribution in [2.45, 2.75) is 57.4 Å². The third-order valence-electron chi connectivity index (χ3n) is 4.18. The molecule has 5 nitrogen and oxygen atoms in total.